The Kier molecular flexibility index (Phi) is 4.44. The number of hydrogen-bond donors (Lipinski definition) is 0. The van der Waals surface area contributed by atoms with E-state index in [1.54, 1.807) is 10.8 Å². The molecule has 29 heavy (non-hydrogen) atoms. The van der Waals surface area contributed by atoms with Gasteiger partial charge in [-0.15, -0.1) is 0 Å². The minimum Gasteiger partial charge on any atom is -0.467 e. The lowest BCUT2D eigenvalue weighted by atomic mass is 10.2. The average molecular weight is 402 g/mol. The third-order valence-electron chi connectivity index (χ3n) is 4.80. The molecule has 7 heteroatoms. The lowest BCUT2D eigenvalue weighted by Crippen LogP contribution is -2.23. The first-order chi connectivity index (χ1) is 14.2. The van der Waals surface area contributed by atoms with Crippen LogP contribution in [-0.2, 0) is 12.3 Å². The van der Waals surface area contributed by atoms with Gasteiger partial charge >= 0.3 is 0 Å². The Morgan fingerprint density at radius 1 is 1.07 bits per heavy atom. The van der Waals surface area contributed by atoms with E-state index in [4.69, 9.17) is 14.4 Å². The molecule has 0 aliphatic heterocycles. The van der Waals surface area contributed by atoms with Crippen LogP contribution in [-0.4, -0.2) is 18.9 Å². The molecule has 0 atom stereocenters. The molecule has 144 valence electrons. The Bertz CT molecular complexity index is 1370. The van der Waals surface area contributed by atoms with Gasteiger partial charge in [0.05, 0.1) is 29.4 Å². The molecule has 0 amide bonds. The molecule has 0 spiro atoms. The van der Waals surface area contributed by atoms with E-state index in [0.29, 0.717) is 28.4 Å². The molecule has 4 heterocycles. The van der Waals surface area contributed by atoms with E-state index in [-0.39, 0.29) is 5.56 Å². The number of pyridine rings is 1. The van der Waals surface area contributed by atoms with Crippen molar-refractivity contribution in [2.24, 2.45) is 0 Å². The Hall–Kier alpha value is -3.32. The van der Waals surface area contributed by atoms with Crippen LogP contribution in [0.15, 0.2) is 81.6 Å². The molecule has 0 bridgehead atoms. The van der Waals surface area contributed by atoms with Crippen LogP contribution in [0.3, 0.4) is 0 Å². The number of imidazole rings is 1. The van der Waals surface area contributed by atoms with Gasteiger partial charge in [-0.3, -0.25) is 9.36 Å². The molecule has 0 fully saturated rings. The molecule has 0 radical (unpaired) electrons. The highest BCUT2D eigenvalue weighted by Gasteiger charge is 2.14. The van der Waals surface area contributed by atoms with Gasteiger partial charge < -0.3 is 8.82 Å². The Morgan fingerprint density at radius 2 is 1.97 bits per heavy atom. The summed E-state index contributed by atoms with van der Waals surface area (Å²) in [6, 6.07) is 15.2. The van der Waals surface area contributed by atoms with Gasteiger partial charge in [0.25, 0.3) is 5.56 Å². The van der Waals surface area contributed by atoms with Gasteiger partial charge in [0.15, 0.2) is 5.16 Å². The highest BCUT2D eigenvalue weighted by molar-refractivity contribution is 7.98. The van der Waals surface area contributed by atoms with Crippen molar-refractivity contribution in [2.75, 3.05) is 0 Å². The summed E-state index contributed by atoms with van der Waals surface area (Å²) in [4.78, 5) is 22.6. The van der Waals surface area contributed by atoms with E-state index in [9.17, 15) is 4.79 Å². The van der Waals surface area contributed by atoms with E-state index >= 15 is 0 Å². The summed E-state index contributed by atoms with van der Waals surface area (Å²) >= 11 is 1.51. The van der Waals surface area contributed by atoms with Crippen molar-refractivity contribution in [3.05, 3.63) is 94.6 Å². The third-order valence-corrected chi connectivity index (χ3v) is 5.81. The van der Waals surface area contributed by atoms with Gasteiger partial charge in [0.1, 0.15) is 11.4 Å². The minimum absolute atomic E-state index is 0.0691. The van der Waals surface area contributed by atoms with E-state index in [2.05, 4.69) is 0 Å². The van der Waals surface area contributed by atoms with Gasteiger partial charge in [-0.25, -0.2) is 9.97 Å². The highest BCUT2D eigenvalue weighted by atomic mass is 32.2. The van der Waals surface area contributed by atoms with Crippen molar-refractivity contribution in [3.63, 3.8) is 0 Å². The zero-order chi connectivity index (χ0) is 19.8. The zero-order valence-corrected chi connectivity index (χ0v) is 16.6. The van der Waals surface area contributed by atoms with Gasteiger partial charge in [0, 0.05) is 18.1 Å². The minimum atomic E-state index is -0.0691. The standard InChI is InChI=1S/C22H18N4O2S/c1-15-6-4-10-25-12-16(23-20(15)25)14-29-22-24-19-9-3-2-8-18(19)21(27)26(22)13-17-7-5-11-28-17/h2-12H,13-14H2,1H3. The van der Waals surface area contributed by atoms with Crippen molar-refractivity contribution in [1.82, 2.24) is 18.9 Å². The van der Waals surface area contributed by atoms with Crippen LogP contribution in [0.5, 0.6) is 0 Å². The maximum Gasteiger partial charge on any atom is 0.262 e. The second-order valence-corrected chi connectivity index (χ2v) is 7.77. The first-order valence-corrected chi connectivity index (χ1v) is 10.3. The molecule has 6 nitrogen and oxygen atoms in total. The third kappa shape index (κ3) is 3.34. The molecular weight excluding hydrogens is 384 g/mol. The molecule has 4 aromatic heterocycles. The molecule has 0 saturated carbocycles. The largest absolute Gasteiger partial charge is 0.467 e. The van der Waals surface area contributed by atoms with Crippen molar-refractivity contribution >= 4 is 28.3 Å². The summed E-state index contributed by atoms with van der Waals surface area (Å²) in [5.41, 5.74) is 3.64. The molecule has 5 aromatic rings. The predicted molar refractivity (Wildman–Crippen MR) is 113 cm³/mol. The number of benzene rings is 1. The molecule has 1 aromatic carbocycles. The number of rotatable bonds is 5. The number of hydrogen-bond acceptors (Lipinski definition) is 5. The van der Waals surface area contributed by atoms with Crippen molar-refractivity contribution < 1.29 is 4.42 Å². The van der Waals surface area contributed by atoms with Gasteiger partial charge in [0.2, 0.25) is 0 Å². The predicted octanol–water partition coefficient (Wildman–Crippen LogP) is 4.29. The second-order valence-electron chi connectivity index (χ2n) is 6.83. The molecule has 5 rings (SSSR count). The maximum absolute atomic E-state index is 13.1. The van der Waals surface area contributed by atoms with E-state index < -0.39 is 0 Å². The Morgan fingerprint density at radius 3 is 2.79 bits per heavy atom. The number of furan rings is 1. The number of nitrogens with zero attached hydrogens (tertiary/aromatic N) is 4. The van der Waals surface area contributed by atoms with Gasteiger partial charge in [-0.2, -0.15) is 0 Å². The first kappa shape index (κ1) is 17.8. The average Bonchev–Trinajstić information content (AvgIpc) is 3.39. The topological polar surface area (TPSA) is 65.3 Å². The second kappa shape index (κ2) is 7.25. The van der Waals surface area contributed by atoms with Crippen molar-refractivity contribution in [2.45, 2.75) is 24.4 Å². The number of aryl methyl sites for hydroxylation is 1. The van der Waals surface area contributed by atoms with Crippen LogP contribution < -0.4 is 5.56 Å². The zero-order valence-electron chi connectivity index (χ0n) is 15.8. The quantitative estimate of drug-likeness (QED) is 0.324. The monoisotopic (exact) mass is 402 g/mol. The molecule has 0 saturated heterocycles. The lowest BCUT2D eigenvalue weighted by molar-refractivity contribution is 0.476. The smallest absolute Gasteiger partial charge is 0.262 e. The van der Waals surface area contributed by atoms with Crippen molar-refractivity contribution in [3.8, 4) is 0 Å². The Balaban J connectivity index is 1.53. The number of thioether (sulfide) groups is 1. The van der Waals surface area contributed by atoms with Crippen LogP contribution >= 0.6 is 11.8 Å². The summed E-state index contributed by atoms with van der Waals surface area (Å²) in [5, 5.41) is 1.26. The van der Waals surface area contributed by atoms with Crippen LogP contribution in [0.4, 0.5) is 0 Å². The number of fused-ring (bicyclic) bond motifs is 2. The molecule has 0 aliphatic carbocycles. The summed E-state index contributed by atoms with van der Waals surface area (Å²) < 4.78 is 9.16. The molecule has 0 unspecified atom stereocenters. The van der Waals surface area contributed by atoms with E-state index in [1.165, 1.54) is 11.8 Å². The molecule has 0 N–H and O–H groups in total. The molecule has 0 aliphatic rings. The summed E-state index contributed by atoms with van der Waals surface area (Å²) in [6.45, 7) is 2.39. The van der Waals surface area contributed by atoms with Crippen LogP contribution in [0.2, 0.25) is 0 Å². The van der Waals surface area contributed by atoms with E-state index in [0.717, 1.165) is 22.7 Å². The van der Waals surface area contributed by atoms with Crippen LogP contribution in [0.1, 0.15) is 17.0 Å². The first-order valence-electron chi connectivity index (χ1n) is 9.27. The summed E-state index contributed by atoms with van der Waals surface area (Å²) in [6.07, 6.45) is 5.62. The summed E-state index contributed by atoms with van der Waals surface area (Å²) in [7, 11) is 0. The fraction of sp³-hybridized carbons (Fsp3) is 0.136. The Labute approximate surface area is 170 Å². The normalized spacial score (nSPS) is 11.5. The highest BCUT2D eigenvalue weighted by Crippen LogP contribution is 2.23. The fourth-order valence-corrected chi connectivity index (χ4v) is 4.25. The SMILES string of the molecule is Cc1cccn2cc(CSc3nc4ccccc4c(=O)n3Cc3ccco3)nc12. The van der Waals surface area contributed by atoms with Gasteiger partial charge in [-0.1, -0.05) is 30.0 Å². The van der Waals surface area contributed by atoms with Gasteiger partial charge in [-0.05, 0) is 42.8 Å². The van der Waals surface area contributed by atoms with Crippen LogP contribution in [0, 0.1) is 6.92 Å². The number of aromatic nitrogens is 4. The molecular formula is C22H18N4O2S. The van der Waals surface area contributed by atoms with E-state index in [1.807, 2.05) is 72.2 Å². The fourth-order valence-electron chi connectivity index (χ4n) is 3.37. The van der Waals surface area contributed by atoms with Crippen molar-refractivity contribution in [1.29, 1.82) is 0 Å². The maximum atomic E-state index is 13.1. The van der Waals surface area contributed by atoms with Crippen LogP contribution in [0.25, 0.3) is 16.6 Å². The number of para-hydroxylation sites is 1. The lowest BCUT2D eigenvalue weighted by Gasteiger charge is -2.11. The summed E-state index contributed by atoms with van der Waals surface area (Å²) in [5.74, 6) is 1.33.